The second-order valence-corrected chi connectivity index (χ2v) is 10.9. The molecule has 2 fully saturated rings. The number of nitrogens with one attached hydrogen (secondary N) is 2. The molecule has 4 heterocycles. The van der Waals surface area contributed by atoms with Crippen LogP contribution in [0.2, 0.25) is 0 Å². The summed E-state index contributed by atoms with van der Waals surface area (Å²) in [5.74, 6) is -0.102. The molecule has 8 nitrogen and oxygen atoms in total. The van der Waals surface area contributed by atoms with E-state index in [0.717, 1.165) is 60.4 Å². The van der Waals surface area contributed by atoms with Crippen molar-refractivity contribution in [1.82, 2.24) is 14.9 Å². The highest BCUT2D eigenvalue weighted by Crippen LogP contribution is 2.44. The van der Waals surface area contributed by atoms with Crippen molar-refractivity contribution in [3.05, 3.63) is 102 Å². The Morgan fingerprint density at radius 1 is 0.976 bits per heavy atom. The van der Waals surface area contributed by atoms with Crippen LogP contribution in [0.3, 0.4) is 0 Å². The largest absolute Gasteiger partial charge is 0.378 e. The van der Waals surface area contributed by atoms with Crippen LogP contribution in [0, 0.1) is 13.8 Å². The molecule has 4 aromatic rings. The second-order valence-electron chi connectivity index (χ2n) is 10.5. The van der Waals surface area contributed by atoms with Crippen molar-refractivity contribution < 1.29 is 9.53 Å². The Kier molecular flexibility index (Phi) is 7.47. The van der Waals surface area contributed by atoms with Crippen molar-refractivity contribution in [3.8, 4) is 5.69 Å². The number of carbonyl (C=O) groups excluding carboxylic acids is 1. The van der Waals surface area contributed by atoms with E-state index in [1.165, 1.54) is 18.2 Å². The minimum Gasteiger partial charge on any atom is -0.378 e. The Hall–Kier alpha value is -4.21. The van der Waals surface area contributed by atoms with Crippen molar-refractivity contribution in [2.24, 2.45) is 0 Å². The number of rotatable bonds is 6. The van der Waals surface area contributed by atoms with Crippen molar-refractivity contribution >= 4 is 40.3 Å². The molecule has 0 bridgehead atoms. The molecule has 2 aromatic heterocycles. The summed E-state index contributed by atoms with van der Waals surface area (Å²) in [7, 11) is 0. The highest BCUT2D eigenvalue weighted by atomic mass is 32.1. The fraction of sp³-hybridized carbons (Fsp3) is 0.281. The third-order valence-electron chi connectivity index (χ3n) is 7.84. The van der Waals surface area contributed by atoms with Crippen molar-refractivity contribution in [2.75, 3.05) is 41.4 Å². The van der Waals surface area contributed by atoms with Crippen LogP contribution in [0.15, 0.2) is 79.0 Å². The van der Waals surface area contributed by atoms with Gasteiger partial charge in [-0.2, -0.15) is 0 Å². The van der Waals surface area contributed by atoms with Gasteiger partial charge in [-0.15, -0.1) is 0 Å². The molecule has 1 amide bonds. The minimum atomic E-state index is -0.142. The molecule has 0 spiro atoms. The summed E-state index contributed by atoms with van der Waals surface area (Å²) >= 11 is 5.93. The normalized spacial score (nSPS) is 18.9. The Bertz CT molecular complexity index is 1550. The number of aromatic nitrogens is 2. The molecule has 0 aliphatic carbocycles. The lowest BCUT2D eigenvalue weighted by molar-refractivity contribution is -0.114. The molecular formula is C32H34N6O2S. The van der Waals surface area contributed by atoms with E-state index in [-0.39, 0.29) is 18.0 Å². The number of benzene rings is 2. The summed E-state index contributed by atoms with van der Waals surface area (Å²) in [4.78, 5) is 20.8. The first-order chi connectivity index (χ1) is 19.9. The Morgan fingerprint density at radius 3 is 2.32 bits per heavy atom. The molecule has 0 radical (unpaired) electrons. The van der Waals surface area contributed by atoms with Crippen molar-refractivity contribution in [1.29, 1.82) is 0 Å². The van der Waals surface area contributed by atoms with Gasteiger partial charge in [-0.05, 0) is 98.4 Å². The Labute approximate surface area is 245 Å². The summed E-state index contributed by atoms with van der Waals surface area (Å²) in [6.45, 7) is 9.19. The summed E-state index contributed by atoms with van der Waals surface area (Å²) in [6, 6.07) is 24.6. The van der Waals surface area contributed by atoms with Gasteiger partial charge >= 0.3 is 0 Å². The van der Waals surface area contributed by atoms with Gasteiger partial charge < -0.3 is 29.7 Å². The number of morpholine rings is 1. The molecule has 6 rings (SSSR count). The molecule has 2 atom stereocenters. The fourth-order valence-corrected chi connectivity index (χ4v) is 6.32. The number of aryl methyl sites for hydroxylation is 1. The maximum absolute atomic E-state index is 11.6. The third kappa shape index (κ3) is 5.30. The Morgan fingerprint density at radius 2 is 1.66 bits per heavy atom. The first kappa shape index (κ1) is 27.0. The molecule has 2 aromatic carbocycles. The average molecular weight is 567 g/mol. The molecular weight excluding hydrogens is 532 g/mol. The first-order valence-electron chi connectivity index (χ1n) is 13.9. The second kappa shape index (κ2) is 11.3. The first-order valence-corrected chi connectivity index (χ1v) is 14.3. The van der Waals surface area contributed by atoms with Crippen molar-refractivity contribution in [2.45, 2.75) is 32.9 Å². The number of amides is 1. The lowest BCUT2D eigenvalue weighted by Crippen LogP contribution is -2.36. The smallest absolute Gasteiger partial charge is 0.221 e. The van der Waals surface area contributed by atoms with Gasteiger partial charge in [0.15, 0.2) is 5.11 Å². The maximum Gasteiger partial charge on any atom is 0.221 e. The van der Waals surface area contributed by atoms with Crippen LogP contribution in [0.5, 0.6) is 0 Å². The summed E-state index contributed by atoms with van der Waals surface area (Å²) in [5, 5.41) is 7.04. The number of nitrogens with zero attached hydrogens (tertiary/aromatic N) is 4. The van der Waals surface area contributed by atoms with Gasteiger partial charge in [-0.3, -0.25) is 9.78 Å². The van der Waals surface area contributed by atoms with E-state index >= 15 is 0 Å². The van der Waals surface area contributed by atoms with Gasteiger partial charge in [-0.25, -0.2) is 0 Å². The van der Waals surface area contributed by atoms with Gasteiger partial charge in [0, 0.05) is 60.3 Å². The van der Waals surface area contributed by atoms with Gasteiger partial charge in [0.1, 0.15) is 0 Å². The molecule has 2 aliphatic heterocycles. The molecule has 0 unspecified atom stereocenters. The number of carbonyl (C=O) groups is 1. The number of thiocarbonyl (C=S) groups is 1. The zero-order valence-corrected chi connectivity index (χ0v) is 24.3. The van der Waals surface area contributed by atoms with Gasteiger partial charge in [0.25, 0.3) is 0 Å². The van der Waals surface area contributed by atoms with Crippen LogP contribution in [-0.4, -0.2) is 46.9 Å². The molecule has 9 heteroatoms. The summed E-state index contributed by atoms with van der Waals surface area (Å²) < 4.78 is 7.83. The summed E-state index contributed by atoms with van der Waals surface area (Å²) in [5.41, 5.74) is 8.43. The van der Waals surface area contributed by atoms with Crippen LogP contribution < -0.4 is 20.4 Å². The van der Waals surface area contributed by atoms with Crippen LogP contribution >= 0.6 is 12.2 Å². The molecule has 210 valence electrons. The Balaban J connectivity index is 1.39. The average Bonchev–Trinajstić information content (AvgIpc) is 3.48. The van der Waals surface area contributed by atoms with Gasteiger partial charge in [-0.1, -0.05) is 6.07 Å². The van der Waals surface area contributed by atoms with Gasteiger partial charge in [0.05, 0.1) is 31.0 Å². The SMILES string of the molecule is CC(=O)Nc1ccc(N2C(=S)N[C@H](c3ccccn3)[C@@H]2c2cc(C)n(-c3ccc(N4CCOCC4)cc3)c2C)cc1. The standard InChI is InChI=1S/C32H34N6O2S/c1-21-20-28(22(2)37(21)26-13-11-25(12-14-26)36-16-18-40-19-17-36)31-30(29-6-4-5-15-33-29)35-32(41)38(31)27-9-7-24(8-10-27)34-23(3)39/h4-15,20,30-31H,16-19H2,1-3H3,(H,34,39)(H,35,41)/t30-,31+/m1/s1. The number of ether oxygens (including phenoxy) is 1. The van der Waals surface area contributed by atoms with E-state index in [0.29, 0.717) is 5.11 Å². The zero-order chi connectivity index (χ0) is 28.5. The number of anilines is 3. The zero-order valence-electron chi connectivity index (χ0n) is 23.5. The topological polar surface area (TPSA) is 74.7 Å². The predicted octanol–water partition coefficient (Wildman–Crippen LogP) is 5.46. The van der Waals surface area contributed by atoms with Gasteiger partial charge in [0.2, 0.25) is 5.91 Å². The van der Waals surface area contributed by atoms with Crippen molar-refractivity contribution in [3.63, 3.8) is 0 Å². The number of hydrogen-bond acceptors (Lipinski definition) is 5. The monoisotopic (exact) mass is 566 g/mol. The molecule has 2 saturated heterocycles. The van der Waals surface area contributed by atoms with E-state index in [1.54, 1.807) is 0 Å². The molecule has 0 saturated carbocycles. The van der Waals surface area contributed by atoms with E-state index in [9.17, 15) is 4.79 Å². The van der Waals surface area contributed by atoms with E-state index in [2.05, 4.69) is 69.2 Å². The predicted molar refractivity (Wildman–Crippen MR) is 167 cm³/mol. The van der Waals surface area contributed by atoms with Crippen LogP contribution in [0.4, 0.5) is 17.1 Å². The van der Waals surface area contributed by atoms with Crippen LogP contribution in [0.25, 0.3) is 5.69 Å². The van der Waals surface area contributed by atoms with Crippen LogP contribution in [-0.2, 0) is 9.53 Å². The highest BCUT2D eigenvalue weighted by molar-refractivity contribution is 7.80. The fourth-order valence-electron chi connectivity index (χ4n) is 5.98. The lowest BCUT2D eigenvalue weighted by atomic mass is 9.96. The third-order valence-corrected chi connectivity index (χ3v) is 8.15. The molecule has 2 aliphatic rings. The number of pyridine rings is 1. The van der Waals surface area contributed by atoms with Crippen LogP contribution in [0.1, 0.15) is 41.7 Å². The lowest BCUT2D eigenvalue weighted by Gasteiger charge is -2.29. The highest BCUT2D eigenvalue weighted by Gasteiger charge is 2.42. The number of hydrogen-bond donors (Lipinski definition) is 2. The maximum atomic E-state index is 11.6. The summed E-state index contributed by atoms with van der Waals surface area (Å²) in [6.07, 6.45) is 1.82. The quantitative estimate of drug-likeness (QED) is 0.300. The molecule has 41 heavy (non-hydrogen) atoms. The molecule has 2 N–H and O–H groups in total. The minimum absolute atomic E-state index is 0.102. The van der Waals surface area contributed by atoms with E-state index in [4.69, 9.17) is 21.9 Å². The van der Waals surface area contributed by atoms with E-state index < -0.39 is 0 Å². The van der Waals surface area contributed by atoms with E-state index in [1.807, 2.05) is 48.7 Å².